The number of aromatic nitrogens is 2. The number of halogens is 2. The molecule has 3 unspecified atom stereocenters. The van der Waals surface area contributed by atoms with Crippen molar-refractivity contribution in [3.63, 3.8) is 0 Å². The van der Waals surface area contributed by atoms with Gasteiger partial charge in [-0.15, -0.1) is 0 Å². The standard InChI is InChI=1S/C29H36ClFN4O3/c30-24-6-1-5-23-21(24)7-10-29(23)15-25-22(17-38-29)26(34-11-2-4-20(36)8-13-34)33-27(32-25)37-18-28-9-3-12-35(28)16-19(31)14-28/h1,5-6,19-20,36H,2-4,7-18H2/t19?,20?,28-,29?/m0/s1. The van der Waals surface area contributed by atoms with E-state index in [-0.39, 0.29) is 11.6 Å². The maximum absolute atomic E-state index is 14.4. The minimum atomic E-state index is -0.797. The summed E-state index contributed by atoms with van der Waals surface area (Å²) >= 11 is 6.55. The number of nitrogens with zero attached hydrogens (tertiary/aromatic N) is 4. The first-order valence-corrected chi connectivity index (χ1v) is 14.6. The minimum absolute atomic E-state index is 0.253. The number of hydrogen-bond acceptors (Lipinski definition) is 7. The molecule has 1 spiro atoms. The largest absolute Gasteiger partial charge is 0.461 e. The van der Waals surface area contributed by atoms with Crippen LogP contribution in [0.15, 0.2) is 18.2 Å². The Balaban J connectivity index is 1.23. The average Bonchev–Trinajstić information content (AvgIpc) is 3.49. The van der Waals surface area contributed by atoms with Crippen LogP contribution in [0.5, 0.6) is 6.01 Å². The van der Waals surface area contributed by atoms with Gasteiger partial charge in [-0.1, -0.05) is 23.7 Å². The predicted molar refractivity (Wildman–Crippen MR) is 143 cm³/mol. The lowest BCUT2D eigenvalue weighted by molar-refractivity contribution is -0.0730. The normalized spacial score (nSPS) is 32.8. The molecule has 1 aliphatic carbocycles. The molecule has 7 nitrogen and oxygen atoms in total. The van der Waals surface area contributed by atoms with Gasteiger partial charge in [0.2, 0.25) is 0 Å². The van der Waals surface area contributed by atoms with E-state index in [4.69, 9.17) is 31.0 Å². The highest BCUT2D eigenvalue weighted by Gasteiger charge is 2.50. The molecule has 9 heteroatoms. The molecule has 0 bridgehead atoms. The van der Waals surface area contributed by atoms with Crippen molar-refractivity contribution in [3.05, 3.63) is 45.6 Å². The second-order valence-electron chi connectivity index (χ2n) is 11.9. The molecule has 5 aliphatic rings. The Bertz CT molecular complexity index is 1230. The van der Waals surface area contributed by atoms with E-state index in [9.17, 15) is 9.50 Å². The number of hydrogen-bond donors (Lipinski definition) is 1. The van der Waals surface area contributed by atoms with Crippen molar-refractivity contribution in [2.75, 3.05) is 37.7 Å². The molecule has 204 valence electrons. The van der Waals surface area contributed by atoms with Crippen molar-refractivity contribution in [2.45, 2.75) is 87.8 Å². The van der Waals surface area contributed by atoms with Gasteiger partial charge in [0, 0.05) is 43.1 Å². The molecule has 4 aliphatic heterocycles. The number of rotatable bonds is 4. The maximum Gasteiger partial charge on any atom is 0.318 e. The summed E-state index contributed by atoms with van der Waals surface area (Å²) in [5.41, 5.74) is 3.62. The van der Waals surface area contributed by atoms with Gasteiger partial charge in [0.05, 0.1) is 29.5 Å². The third kappa shape index (κ3) is 4.19. The zero-order valence-corrected chi connectivity index (χ0v) is 22.6. The predicted octanol–water partition coefficient (Wildman–Crippen LogP) is 4.35. The fourth-order valence-corrected chi connectivity index (χ4v) is 7.89. The van der Waals surface area contributed by atoms with Gasteiger partial charge < -0.3 is 19.5 Å². The SMILES string of the molecule is OC1CCCN(c2nc(OC[C@@]34CCCN3CC(F)C4)nc3c2COC2(CCc4c(Cl)cccc42)C3)CC1. The molecule has 4 atom stereocenters. The molecule has 1 aromatic carbocycles. The molecule has 5 heterocycles. The van der Waals surface area contributed by atoms with Gasteiger partial charge in [0.15, 0.2) is 0 Å². The number of aliphatic hydroxyl groups excluding tert-OH is 1. The first kappa shape index (κ1) is 25.0. The van der Waals surface area contributed by atoms with Gasteiger partial charge >= 0.3 is 6.01 Å². The van der Waals surface area contributed by atoms with Crippen molar-refractivity contribution in [1.82, 2.24) is 14.9 Å². The summed E-state index contributed by atoms with van der Waals surface area (Å²) in [6, 6.07) is 6.46. The Hall–Kier alpha value is -2.00. The number of aliphatic hydroxyl groups is 1. The maximum atomic E-state index is 14.4. The van der Waals surface area contributed by atoms with Crippen LogP contribution >= 0.6 is 11.6 Å². The van der Waals surface area contributed by atoms with E-state index >= 15 is 0 Å². The first-order valence-electron chi connectivity index (χ1n) is 14.2. The van der Waals surface area contributed by atoms with Gasteiger partial charge in [0.25, 0.3) is 0 Å². The van der Waals surface area contributed by atoms with E-state index in [1.54, 1.807) is 0 Å². The zero-order valence-electron chi connectivity index (χ0n) is 21.8. The highest BCUT2D eigenvalue weighted by atomic mass is 35.5. The van der Waals surface area contributed by atoms with Crippen LogP contribution in [0, 0.1) is 0 Å². The van der Waals surface area contributed by atoms with E-state index < -0.39 is 11.8 Å². The van der Waals surface area contributed by atoms with Crippen LogP contribution < -0.4 is 9.64 Å². The van der Waals surface area contributed by atoms with Gasteiger partial charge in [-0.3, -0.25) is 4.90 Å². The highest BCUT2D eigenvalue weighted by molar-refractivity contribution is 6.31. The van der Waals surface area contributed by atoms with Crippen LogP contribution in [0.3, 0.4) is 0 Å². The lowest BCUT2D eigenvalue weighted by Crippen LogP contribution is -2.43. The smallest absolute Gasteiger partial charge is 0.318 e. The Morgan fingerprint density at radius 3 is 2.97 bits per heavy atom. The lowest BCUT2D eigenvalue weighted by atomic mass is 9.87. The molecule has 0 radical (unpaired) electrons. The monoisotopic (exact) mass is 542 g/mol. The second-order valence-corrected chi connectivity index (χ2v) is 12.3. The number of ether oxygens (including phenoxy) is 2. The summed E-state index contributed by atoms with van der Waals surface area (Å²) in [4.78, 5) is 14.4. The van der Waals surface area contributed by atoms with Crippen LogP contribution in [-0.4, -0.2) is 70.6 Å². The van der Waals surface area contributed by atoms with Crippen molar-refractivity contribution in [3.8, 4) is 6.01 Å². The summed E-state index contributed by atoms with van der Waals surface area (Å²) < 4.78 is 27.4. The highest BCUT2D eigenvalue weighted by Crippen LogP contribution is 2.49. The van der Waals surface area contributed by atoms with Gasteiger partial charge in [-0.2, -0.15) is 9.97 Å². The Morgan fingerprint density at radius 2 is 2.05 bits per heavy atom. The van der Waals surface area contributed by atoms with Crippen molar-refractivity contribution in [2.24, 2.45) is 0 Å². The van der Waals surface area contributed by atoms with Gasteiger partial charge in [-0.05, 0) is 68.7 Å². The van der Waals surface area contributed by atoms with Crippen LogP contribution in [0.1, 0.15) is 67.3 Å². The van der Waals surface area contributed by atoms with Crippen LogP contribution in [-0.2, 0) is 29.8 Å². The molecule has 1 aromatic heterocycles. The Morgan fingerprint density at radius 1 is 1.13 bits per heavy atom. The Kier molecular flexibility index (Phi) is 6.30. The first-order chi connectivity index (χ1) is 18.4. The molecular formula is C29H36ClFN4O3. The fourth-order valence-electron chi connectivity index (χ4n) is 7.62. The van der Waals surface area contributed by atoms with Crippen LogP contribution in [0.25, 0.3) is 0 Å². The third-order valence-electron chi connectivity index (χ3n) is 9.61. The minimum Gasteiger partial charge on any atom is -0.461 e. The molecule has 0 saturated carbocycles. The third-order valence-corrected chi connectivity index (χ3v) is 9.97. The number of alkyl halides is 1. The molecule has 38 heavy (non-hydrogen) atoms. The topological polar surface area (TPSA) is 71.0 Å². The molecular weight excluding hydrogens is 507 g/mol. The summed E-state index contributed by atoms with van der Waals surface area (Å²) in [6.07, 6.45) is 6.27. The van der Waals surface area contributed by atoms with Crippen molar-refractivity contribution >= 4 is 17.4 Å². The Labute approximate surface area is 228 Å². The average molecular weight is 543 g/mol. The molecule has 3 fully saturated rings. The van der Waals surface area contributed by atoms with Crippen molar-refractivity contribution in [1.29, 1.82) is 0 Å². The van der Waals surface area contributed by atoms with Gasteiger partial charge in [0.1, 0.15) is 18.6 Å². The zero-order chi connectivity index (χ0) is 25.9. The molecule has 2 aromatic rings. The number of benzene rings is 1. The molecule has 7 rings (SSSR count). The van der Waals surface area contributed by atoms with E-state index in [1.807, 2.05) is 12.1 Å². The van der Waals surface area contributed by atoms with E-state index in [0.717, 1.165) is 85.8 Å². The van der Waals surface area contributed by atoms with Gasteiger partial charge in [-0.25, -0.2) is 4.39 Å². The van der Waals surface area contributed by atoms with Crippen LogP contribution in [0.2, 0.25) is 5.02 Å². The lowest BCUT2D eigenvalue weighted by Gasteiger charge is -2.37. The molecule has 1 N–H and O–H groups in total. The number of anilines is 1. The quantitative estimate of drug-likeness (QED) is 0.616. The summed E-state index contributed by atoms with van der Waals surface area (Å²) in [6.45, 7) is 3.82. The van der Waals surface area contributed by atoms with E-state index in [1.165, 1.54) is 5.56 Å². The summed E-state index contributed by atoms with van der Waals surface area (Å²) in [7, 11) is 0. The molecule has 3 saturated heterocycles. The summed E-state index contributed by atoms with van der Waals surface area (Å²) in [5.74, 6) is 0.855. The second kappa shape index (κ2) is 9.58. The van der Waals surface area contributed by atoms with Crippen molar-refractivity contribution < 1.29 is 19.0 Å². The fraction of sp³-hybridized carbons (Fsp3) is 0.655. The summed E-state index contributed by atoms with van der Waals surface area (Å²) in [5, 5.41) is 11.1. The van der Waals surface area contributed by atoms with Crippen LogP contribution in [0.4, 0.5) is 10.2 Å². The van der Waals surface area contributed by atoms with E-state index in [0.29, 0.717) is 45.0 Å². The molecule has 0 amide bonds. The van der Waals surface area contributed by atoms with E-state index in [2.05, 4.69) is 15.9 Å². The number of fused-ring (bicyclic) bond motifs is 4.